The van der Waals surface area contributed by atoms with Gasteiger partial charge in [0, 0.05) is 6.54 Å². The Bertz CT molecular complexity index is 381. The number of hydrogen-bond donors (Lipinski definition) is 1. The number of piperidine rings is 1. The predicted octanol–water partition coefficient (Wildman–Crippen LogP) is 3.67. The summed E-state index contributed by atoms with van der Waals surface area (Å²) in [6, 6.07) is 9.18. The minimum absolute atomic E-state index is 0.746. The minimum Gasteiger partial charge on any atom is -0.316 e. The molecule has 1 aliphatic carbocycles. The standard InChI is InChI=1S/C16H23N/c1-12-9-14(11-17-10-12)16-8-3-2-7-15(16)13-5-4-6-13/h2-3,7-8,12-14,17H,4-6,9-11H2,1H3. The van der Waals surface area contributed by atoms with Crippen molar-refractivity contribution in [1.82, 2.24) is 5.32 Å². The number of benzene rings is 1. The first-order valence-electron chi connectivity index (χ1n) is 7.14. The maximum atomic E-state index is 3.59. The Morgan fingerprint density at radius 2 is 1.71 bits per heavy atom. The van der Waals surface area contributed by atoms with Gasteiger partial charge in [-0.1, -0.05) is 37.6 Å². The minimum atomic E-state index is 0.746. The molecule has 0 spiro atoms. The van der Waals surface area contributed by atoms with Crippen LogP contribution in [0.25, 0.3) is 0 Å². The van der Waals surface area contributed by atoms with Crippen LogP contribution in [0.4, 0.5) is 0 Å². The van der Waals surface area contributed by atoms with Crippen molar-refractivity contribution in [2.75, 3.05) is 13.1 Å². The molecule has 0 radical (unpaired) electrons. The first-order chi connectivity index (χ1) is 8.34. The molecule has 2 unspecified atom stereocenters. The van der Waals surface area contributed by atoms with Crippen molar-refractivity contribution in [2.45, 2.75) is 44.4 Å². The van der Waals surface area contributed by atoms with E-state index in [1.807, 2.05) is 0 Å². The highest BCUT2D eigenvalue weighted by Crippen LogP contribution is 2.41. The van der Waals surface area contributed by atoms with Crippen LogP contribution in [0, 0.1) is 5.92 Å². The van der Waals surface area contributed by atoms with E-state index < -0.39 is 0 Å². The fraction of sp³-hybridized carbons (Fsp3) is 0.625. The first kappa shape index (κ1) is 11.3. The Morgan fingerprint density at radius 3 is 2.29 bits per heavy atom. The molecule has 1 heterocycles. The van der Waals surface area contributed by atoms with Crippen LogP contribution in [0.3, 0.4) is 0 Å². The van der Waals surface area contributed by atoms with Gasteiger partial charge in [-0.05, 0) is 54.7 Å². The van der Waals surface area contributed by atoms with Gasteiger partial charge in [-0.25, -0.2) is 0 Å². The Kier molecular flexibility index (Phi) is 3.19. The Hall–Kier alpha value is -0.820. The molecule has 0 aromatic heterocycles. The summed E-state index contributed by atoms with van der Waals surface area (Å²) >= 11 is 0. The third-order valence-corrected chi connectivity index (χ3v) is 4.55. The van der Waals surface area contributed by atoms with Crippen molar-refractivity contribution in [1.29, 1.82) is 0 Å². The molecule has 2 fully saturated rings. The summed E-state index contributed by atoms with van der Waals surface area (Å²) in [6.07, 6.45) is 5.61. The lowest BCUT2D eigenvalue weighted by Gasteiger charge is -2.33. The maximum absolute atomic E-state index is 3.59. The van der Waals surface area contributed by atoms with Crippen LogP contribution in [0.1, 0.15) is 55.6 Å². The number of hydrogen-bond acceptors (Lipinski definition) is 1. The van der Waals surface area contributed by atoms with E-state index in [2.05, 4.69) is 36.5 Å². The van der Waals surface area contributed by atoms with Crippen molar-refractivity contribution >= 4 is 0 Å². The highest BCUT2D eigenvalue weighted by Gasteiger charge is 2.27. The normalized spacial score (nSPS) is 29.9. The largest absolute Gasteiger partial charge is 0.316 e. The molecule has 0 bridgehead atoms. The Labute approximate surface area is 105 Å². The lowest BCUT2D eigenvalue weighted by molar-refractivity contribution is 0.356. The van der Waals surface area contributed by atoms with Gasteiger partial charge in [-0.2, -0.15) is 0 Å². The summed E-state index contributed by atoms with van der Waals surface area (Å²) in [4.78, 5) is 0. The fourth-order valence-corrected chi connectivity index (χ4v) is 3.37. The van der Waals surface area contributed by atoms with Crippen molar-refractivity contribution < 1.29 is 0 Å². The highest BCUT2D eigenvalue weighted by molar-refractivity contribution is 5.35. The lowest BCUT2D eigenvalue weighted by Crippen LogP contribution is -2.34. The van der Waals surface area contributed by atoms with Gasteiger partial charge in [-0.15, -0.1) is 0 Å². The van der Waals surface area contributed by atoms with Crippen LogP contribution in [0.15, 0.2) is 24.3 Å². The van der Waals surface area contributed by atoms with Crippen molar-refractivity contribution in [3.05, 3.63) is 35.4 Å². The van der Waals surface area contributed by atoms with E-state index in [0.717, 1.165) is 17.8 Å². The number of nitrogens with one attached hydrogen (secondary N) is 1. The van der Waals surface area contributed by atoms with Gasteiger partial charge >= 0.3 is 0 Å². The topological polar surface area (TPSA) is 12.0 Å². The van der Waals surface area contributed by atoms with Gasteiger partial charge in [0.05, 0.1) is 0 Å². The van der Waals surface area contributed by atoms with Crippen LogP contribution in [-0.4, -0.2) is 13.1 Å². The van der Waals surface area contributed by atoms with Gasteiger partial charge in [-0.3, -0.25) is 0 Å². The Morgan fingerprint density at radius 1 is 1.00 bits per heavy atom. The van der Waals surface area contributed by atoms with Gasteiger partial charge in [0.25, 0.3) is 0 Å². The Balaban J connectivity index is 1.85. The zero-order chi connectivity index (χ0) is 11.7. The second-order valence-electron chi connectivity index (χ2n) is 5.95. The van der Waals surface area contributed by atoms with Crippen molar-refractivity contribution in [3.63, 3.8) is 0 Å². The zero-order valence-corrected chi connectivity index (χ0v) is 10.8. The predicted molar refractivity (Wildman–Crippen MR) is 72.4 cm³/mol. The summed E-state index contributed by atoms with van der Waals surface area (Å²) in [5.74, 6) is 2.43. The summed E-state index contributed by atoms with van der Waals surface area (Å²) < 4.78 is 0. The monoisotopic (exact) mass is 229 g/mol. The van der Waals surface area contributed by atoms with E-state index in [-0.39, 0.29) is 0 Å². The summed E-state index contributed by atoms with van der Waals surface area (Å²) in [6.45, 7) is 4.74. The quantitative estimate of drug-likeness (QED) is 0.816. The molecular formula is C16H23N. The van der Waals surface area contributed by atoms with E-state index >= 15 is 0 Å². The van der Waals surface area contributed by atoms with Crippen LogP contribution >= 0.6 is 0 Å². The van der Waals surface area contributed by atoms with Crippen LogP contribution in [-0.2, 0) is 0 Å². The third-order valence-electron chi connectivity index (χ3n) is 4.55. The van der Waals surface area contributed by atoms with Gasteiger partial charge in [0.1, 0.15) is 0 Å². The van der Waals surface area contributed by atoms with Crippen molar-refractivity contribution in [3.8, 4) is 0 Å². The molecule has 1 heteroatoms. The SMILES string of the molecule is CC1CNCC(c2ccccc2C2CCC2)C1. The van der Waals surface area contributed by atoms with Gasteiger partial charge in [0.15, 0.2) is 0 Å². The molecule has 1 aliphatic heterocycles. The van der Waals surface area contributed by atoms with E-state index in [9.17, 15) is 0 Å². The fourth-order valence-electron chi connectivity index (χ4n) is 3.37. The molecule has 17 heavy (non-hydrogen) atoms. The molecule has 3 rings (SSSR count). The summed E-state index contributed by atoms with van der Waals surface area (Å²) in [5, 5.41) is 3.59. The summed E-state index contributed by atoms with van der Waals surface area (Å²) in [7, 11) is 0. The molecule has 0 amide bonds. The zero-order valence-electron chi connectivity index (χ0n) is 10.8. The van der Waals surface area contributed by atoms with Gasteiger partial charge in [0.2, 0.25) is 0 Å². The second-order valence-corrected chi connectivity index (χ2v) is 5.95. The van der Waals surface area contributed by atoms with E-state index in [0.29, 0.717) is 0 Å². The van der Waals surface area contributed by atoms with Crippen LogP contribution in [0.2, 0.25) is 0 Å². The van der Waals surface area contributed by atoms with Gasteiger partial charge < -0.3 is 5.32 Å². The summed E-state index contributed by atoms with van der Waals surface area (Å²) in [5.41, 5.74) is 3.29. The third kappa shape index (κ3) is 2.26. The molecule has 1 nitrogen and oxygen atoms in total. The average molecular weight is 229 g/mol. The smallest absolute Gasteiger partial charge is 0.00204 e. The van der Waals surface area contributed by atoms with Crippen LogP contribution in [0.5, 0.6) is 0 Å². The van der Waals surface area contributed by atoms with E-state index in [1.54, 1.807) is 11.1 Å². The first-order valence-corrected chi connectivity index (χ1v) is 7.14. The average Bonchev–Trinajstić information content (AvgIpc) is 2.27. The molecule has 2 atom stereocenters. The van der Waals surface area contributed by atoms with Crippen LogP contribution < -0.4 is 5.32 Å². The molecule has 92 valence electrons. The molecule has 1 saturated carbocycles. The maximum Gasteiger partial charge on any atom is 0.00204 e. The molecule has 1 saturated heterocycles. The molecule has 1 aromatic carbocycles. The second kappa shape index (κ2) is 4.81. The molecule has 2 aliphatic rings. The van der Waals surface area contributed by atoms with E-state index in [1.165, 1.54) is 38.8 Å². The molecule has 1 aromatic rings. The molecular weight excluding hydrogens is 206 g/mol. The molecule has 1 N–H and O–H groups in total. The lowest BCUT2D eigenvalue weighted by atomic mass is 9.74. The van der Waals surface area contributed by atoms with E-state index in [4.69, 9.17) is 0 Å². The highest BCUT2D eigenvalue weighted by atomic mass is 14.9. The van der Waals surface area contributed by atoms with Crippen molar-refractivity contribution in [2.24, 2.45) is 5.92 Å². The number of rotatable bonds is 2.